The molecular weight excluding hydrogens is 202 g/mol. The van der Waals surface area contributed by atoms with Crippen molar-refractivity contribution in [2.45, 2.75) is 26.9 Å². The molecule has 0 radical (unpaired) electrons. The molecule has 0 bridgehead atoms. The highest BCUT2D eigenvalue weighted by molar-refractivity contribution is 5.49. The van der Waals surface area contributed by atoms with Crippen molar-refractivity contribution in [2.75, 3.05) is 25.6 Å². The normalized spacial score (nSPS) is 10.6. The lowest BCUT2D eigenvalue weighted by Gasteiger charge is -2.09. The van der Waals surface area contributed by atoms with E-state index in [0.717, 1.165) is 29.8 Å². The third kappa shape index (κ3) is 4.21. The predicted molar refractivity (Wildman–Crippen MR) is 66.4 cm³/mol. The van der Waals surface area contributed by atoms with Crippen molar-refractivity contribution in [3.05, 3.63) is 29.3 Å². The van der Waals surface area contributed by atoms with Crippen molar-refractivity contribution >= 4 is 5.69 Å². The van der Waals surface area contributed by atoms with Gasteiger partial charge in [0, 0.05) is 12.3 Å². The van der Waals surface area contributed by atoms with Crippen LogP contribution in [0, 0.1) is 6.92 Å². The zero-order valence-electron chi connectivity index (χ0n) is 10.2. The Balaban J connectivity index is 2.24. The second kappa shape index (κ2) is 7.25. The van der Waals surface area contributed by atoms with Crippen LogP contribution >= 0.6 is 0 Å². The first-order valence-corrected chi connectivity index (χ1v) is 5.75. The number of hydrogen-bond donors (Lipinski definition) is 1. The molecule has 0 amide bonds. The summed E-state index contributed by atoms with van der Waals surface area (Å²) in [5.74, 6) is 0. The average molecular weight is 223 g/mol. The lowest BCUT2D eigenvalue weighted by molar-refractivity contribution is 0.0407. The lowest BCUT2D eigenvalue weighted by Crippen LogP contribution is -2.06. The maximum atomic E-state index is 5.81. The first kappa shape index (κ1) is 13.0. The van der Waals surface area contributed by atoms with Crippen molar-refractivity contribution in [1.82, 2.24) is 0 Å². The molecule has 0 saturated carbocycles. The lowest BCUT2D eigenvalue weighted by atomic mass is 10.1. The van der Waals surface area contributed by atoms with Gasteiger partial charge in [0.15, 0.2) is 0 Å². The molecule has 0 atom stereocenters. The summed E-state index contributed by atoms with van der Waals surface area (Å²) in [6.45, 7) is 6.81. The van der Waals surface area contributed by atoms with E-state index in [4.69, 9.17) is 15.2 Å². The summed E-state index contributed by atoms with van der Waals surface area (Å²) in [5, 5.41) is 0. The Bertz CT molecular complexity index is 313. The number of hydrogen-bond acceptors (Lipinski definition) is 3. The molecule has 3 nitrogen and oxygen atoms in total. The van der Waals surface area contributed by atoms with E-state index in [-0.39, 0.29) is 0 Å². The SMILES string of the molecule is CCCOCCOCc1cccc(N)c1C. The molecule has 90 valence electrons. The largest absolute Gasteiger partial charge is 0.399 e. The van der Waals surface area contributed by atoms with Gasteiger partial charge in [0.05, 0.1) is 19.8 Å². The van der Waals surface area contributed by atoms with Crippen molar-refractivity contribution in [2.24, 2.45) is 0 Å². The van der Waals surface area contributed by atoms with Gasteiger partial charge in [-0.05, 0) is 30.5 Å². The van der Waals surface area contributed by atoms with Crippen LogP contribution < -0.4 is 5.73 Å². The van der Waals surface area contributed by atoms with Crippen LogP contribution in [0.2, 0.25) is 0 Å². The van der Waals surface area contributed by atoms with Crippen molar-refractivity contribution in [3.8, 4) is 0 Å². The molecule has 0 aliphatic carbocycles. The smallest absolute Gasteiger partial charge is 0.0721 e. The van der Waals surface area contributed by atoms with Crippen molar-refractivity contribution in [3.63, 3.8) is 0 Å². The van der Waals surface area contributed by atoms with Gasteiger partial charge in [0.1, 0.15) is 0 Å². The van der Waals surface area contributed by atoms with Crippen LogP contribution in [0.3, 0.4) is 0 Å². The van der Waals surface area contributed by atoms with E-state index in [9.17, 15) is 0 Å². The fraction of sp³-hybridized carbons (Fsp3) is 0.538. The van der Waals surface area contributed by atoms with Crippen LogP contribution in [-0.2, 0) is 16.1 Å². The number of rotatable bonds is 7. The number of nitrogens with two attached hydrogens (primary N) is 1. The summed E-state index contributed by atoms with van der Waals surface area (Å²) in [4.78, 5) is 0. The van der Waals surface area contributed by atoms with Gasteiger partial charge in [-0.3, -0.25) is 0 Å². The molecule has 0 fully saturated rings. The Labute approximate surface area is 97.6 Å². The molecule has 0 heterocycles. The van der Waals surface area contributed by atoms with Crippen LogP contribution in [0.5, 0.6) is 0 Å². The van der Waals surface area contributed by atoms with E-state index >= 15 is 0 Å². The zero-order chi connectivity index (χ0) is 11.8. The Morgan fingerprint density at radius 2 is 1.88 bits per heavy atom. The summed E-state index contributed by atoms with van der Waals surface area (Å²) in [7, 11) is 0. The topological polar surface area (TPSA) is 44.5 Å². The van der Waals surface area contributed by atoms with Crippen LogP contribution in [0.25, 0.3) is 0 Å². The number of anilines is 1. The third-order valence-corrected chi connectivity index (χ3v) is 2.47. The highest BCUT2D eigenvalue weighted by Gasteiger charge is 2.00. The Kier molecular flexibility index (Phi) is 5.90. The Morgan fingerprint density at radius 1 is 1.12 bits per heavy atom. The molecule has 0 spiro atoms. The van der Waals surface area contributed by atoms with Gasteiger partial charge in [-0.15, -0.1) is 0 Å². The molecule has 0 aromatic heterocycles. The Morgan fingerprint density at radius 3 is 2.62 bits per heavy atom. The Hall–Kier alpha value is -1.06. The van der Waals surface area contributed by atoms with E-state index in [1.807, 2.05) is 25.1 Å². The van der Waals surface area contributed by atoms with Gasteiger partial charge in [-0.2, -0.15) is 0 Å². The molecule has 0 aliphatic heterocycles. The summed E-state index contributed by atoms with van der Waals surface area (Å²) in [5.41, 5.74) is 8.89. The molecule has 16 heavy (non-hydrogen) atoms. The van der Waals surface area contributed by atoms with E-state index in [1.54, 1.807) is 0 Å². The molecule has 0 saturated heterocycles. The zero-order valence-corrected chi connectivity index (χ0v) is 10.2. The minimum Gasteiger partial charge on any atom is -0.399 e. The second-order valence-corrected chi connectivity index (χ2v) is 3.80. The molecule has 0 aliphatic rings. The first-order valence-electron chi connectivity index (χ1n) is 5.75. The summed E-state index contributed by atoms with van der Waals surface area (Å²) < 4.78 is 10.8. The van der Waals surface area contributed by atoms with Gasteiger partial charge in [-0.25, -0.2) is 0 Å². The highest BCUT2D eigenvalue weighted by Crippen LogP contribution is 2.15. The monoisotopic (exact) mass is 223 g/mol. The molecular formula is C13H21NO2. The third-order valence-electron chi connectivity index (χ3n) is 2.47. The van der Waals surface area contributed by atoms with Crippen LogP contribution in [0.4, 0.5) is 5.69 Å². The van der Waals surface area contributed by atoms with Gasteiger partial charge < -0.3 is 15.2 Å². The number of ether oxygens (including phenoxy) is 2. The fourth-order valence-electron chi connectivity index (χ4n) is 1.41. The average Bonchev–Trinajstić information content (AvgIpc) is 2.29. The van der Waals surface area contributed by atoms with Crippen molar-refractivity contribution in [1.29, 1.82) is 0 Å². The van der Waals surface area contributed by atoms with Crippen LogP contribution in [0.1, 0.15) is 24.5 Å². The van der Waals surface area contributed by atoms with Crippen molar-refractivity contribution < 1.29 is 9.47 Å². The van der Waals surface area contributed by atoms with Crippen LogP contribution in [0.15, 0.2) is 18.2 Å². The first-order chi connectivity index (χ1) is 7.75. The number of nitrogen functional groups attached to an aromatic ring is 1. The summed E-state index contributed by atoms with van der Waals surface area (Å²) >= 11 is 0. The summed E-state index contributed by atoms with van der Waals surface area (Å²) in [6, 6.07) is 5.90. The fourth-order valence-corrected chi connectivity index (χ4v) is 1.41. The molecule has 3 heteroatoms. The molecule has 0 unspecified atom stereocenters. The molecule has 1 aromatic carbocycles. The maximum Gasteiger partial charge on any atom is 0.0721 e. The second-order valence-electron chi connectivity index (χ2n) is 3.80. The van der Waals surface area contributed by atoms with Gasteiger partial charge in [0.25, 0.3) is 0 Å². The van der Waals surface area contributed by atoms with E-state index in [1.165, 1.54) is 0 Å². The quantitative estimate of drug-likeness (QED) is 0.570. The molecule has 1 rings (SSSR count). The minimum atomic E-state index is 0.604. The van der Waals surface area contributed by atoms with Gasteiger partial charge in [0.2, 0.25) is 0 Å². The van der Waals surface area contributed by atoms with Crippen LogP contribution in [-0.4, -0.2) is 19.8 Å². The van der Waals surface area contributed by atoms with E-state index < -0.39 is 0 Å². The maximum absolute atomic E-state index is 5.81. The predicted octanol–water partition coefficient (Wildman–Crippen LogP) is 2.52. The summed E-state index contributed by atoms with van der Waals surface area (Å²) in [6.07, 6.45) is 1.05. The molecule has 2 N–H and O–H groups in total. The number of benzene rings is 1. The standard InChI is InChI=1S/C13H21NO2/c1-3-7-15-8-9-16-10-12-5-4-6-13(14)11(12)2/h4-6H,3,7-10,14H2,1-2H3. The van der Waals surface area contributed by atoms with Gasteiger partial charge in [-0.1, -0.05) is 19.1 Å². The van der Waals surface area contributed by atoms with E-state index in [0.29, 0.717) is 19.8 Å². The highest BCUT2D eigenvalue weighted by atomic mass is 16.5. The van der Waals surface area contributed by atoms with Gasteiger partial charge >= 0.3 is 0 Å². The molecule has 1 aromatic rings. The minimum absolute atomic E-state index is 0.604. The van der Waals surface area contributed by atoms with E-state index in [2.05, 4.69) is 6.92 Å².